The third-order valence-electron chi connectivity index (χ3n) is 3.85. The van der Waals surface area contributed by atoms with Crippen LogP contribution < -0.4 is 5.32 Å². The molecule has 0 saturated carbocycles. The number of alkyl halides is 3. The lowest BCUT2D eigenvalue weighted by Crippen LogP contribution is -2.44. The van der Waals surface area contributed by atoms with E-state index in [1.807, 2.05) is 52.9 Å². The summed E-state index contributed by atoms with van der Waals surface area (Å²) in [5, 5.41) is 2.91. The topological polar surface area (TPSA) is 38.3 Å². The molecule has 0 radical (unpaired) electrons. The van der Waals surface area contributed by atoms with Crippen LogP contribution in [0.25, 0.3) is 5.57 Å². The van der Waals surface area contributed by atoms with Gasteiger partial charge in [0, 0.05) is 10.1 Å². The predicted octanol–water partition coefficient (Wildman–Crippen LogP) is 4.50. The van der Waals surface area contributed by atoms with Crippen LogP contribution in [0.5, 0.6) is 0 Å². The molecule has 8 heteroatoms. The molecule has 1 N–H and O–H groups in total. The molecular formula is C17H12BrF3INO2. The Hall–Kier alpha value is -1.13. The maximum Gasteiger partial charge on any atom is 0.411 e. The quantitative estimate of drug-likeness (QED) is 0.466. The van der Waals surface area contributed by atoms with Crippen LogP contribution in [-0.2, 0) is 9.53 Å². The summed E-state index contributed by atoms with van der Waals surface area (Å²) in [5.41, 5.74) is 0.676. The van der Waals surface area contributed by atoms with E-state index in [1.54, 1.807) is 6.08 Å². The first-order valence-electron chi connectivity index (χ1n) is 7.26. The summed E-state index contributed by atoms with van der Waals surface area (Å²) < 4.78 is 43.0. The first-order valence-corrected chi connectivity index (χ1v) is 9.14. The first kappa shape index (κ1) is 18.7. The Labute approximate surface area is 164 Å². The van der Waals surface area contributed by atoms with Crippen molar-refractivity contribution in [2.75, 3.05) is 6.61 Å². The van der Waals surface area contributed by atoms with Crippen LogP contribution in [0.15, 0.2) is 56.6 Å². The smallest absolute Gasteiger partial charge is 0.361 e. The Bertz CT molecular complexity index is 789. The second-order valence-electron chi connectivity index (χ2n) is 5.58. The van der Waals surface area contributed by atoms with Crippen molar-refractivity contribution in [2.24, 2.45) is 0 Å². The Morgan fingerprint density at radius 3 is 2.56 bits per heavy atom. The van der Waals surface area contributed by atoms with Crippen molar-refractivity contribution < 1.29 is 22.7 Å². The predicted molar refractivity (Wildman–Crippen MR) is 100 cm³/mol. The molecule has 2 aliphatic rings. The lowest BCUT2D eigenvalue weighted by Gasteiger charge is -2.33. The van der Waals surface area contributed by atoms with Gasteiger partial charge in [0.1, 0.15) is 12.1 Å². The number of hydrogen-bond donors (Lipinski definition) is 1. The fourth-order valence-corrected chi connectivity index (χ4v) is 4.35. The van der Waals surface area contributed by atoms with Crippen molar-refractivity contribution in [2.45, 2.75) is 17.8 Å². The SMILES string of the molecule is O=C1NC2(C=CC(OCC(F)(F)F)C=C2Br)C(c2ccccc2)=C1I. The summed E-state index contributed by atoms with van der Waals surface area (Å²) in [4.78, 5) is 12.3. The van der Waals surface area contributed by atoms with Gasteiger partial charge in [-0.25, -0.2) is 0 Å². The minimum atomic E-state index is -4.39. The van der Waals surface area contributed by atoms with Gasteiger partial charge in [-0.15, -0.1) is 0 Å². The first-order chi connectivity index (χ1) is 11.7. The highest BCUT2D eigenvalue weighted by molar-refractivity contribution is 14.1. The van der Waals surface area contributed by atoms with Gasteiger partial charge in [0.05, 0.1) is 9.68 Å². The van der Waals surface area contributed by atoms with Crippen molar-refractivity contribution in [3.63, 3.8) is 0 Å². The number of carbonyl (C=O) groups excluding carboxylic acids is 1. The molecule has 25 heavy (non-hydrogen) atoms. The van der Waals surface area contributed by atoms with Crippen LogP contribution in [0, 0.1) is 0 Å². The molecule has 0 aromatic heterocycles. The third-order valence-corrected chi connectivity index (χ3v) is 5.77. The van der Waals surface area contributed by atoms with Crippen LogP contribution in [-0.4, -0.2) is 30.3 Å². The molecular weight excluding hydrogens is 514 g/mol. The molecule has 1 amide bonds. The number of benzene rings is 1. The summed E-state index contributed by atoms with van der Waals surface area (Å²) in [7, 11) is 0. The van der Waals surface area contributed by atoms with E-state index in [0.717, 1.165) is 11.1 Å². The molecule has 0 bridgehead atoms. The van der Waals surface area contributed by atoms with Crippen molar-refractivity contribution in [3.05, 3.63) is 62.2 Å². The van der Waals surface area contributed by atoms with E-state index in [-0.39, 0.29) is 5.91 Å². The van der Waals surface area contributed by atoms with Gasteiger partial charge in [-0.05, 0) is 34.2 Å². The maximum absolute atomic E-state index is 12.3. The van der Waals surface area contributed by atoms with Crippen LogP contribution in [0.4, 0.5) is 13.2 Å². The molecule has 0 saturated heterocycles. The molecule has 1 heterocycles. The normalized spacial score (nSPS) is 26.2. The van der Waals surface area contributed by atoms with Gasteiger partial charge in [-0.2, -0.15) is 13.2 Å². The highest BCUT2D eigenvalue weighted by Crippen LogP contribution is 2.47. The highest BCUT2D eigenvalue weighted by atomic mass is 127. The van der Waals surface area contributed by atoms with E-state index in [1.165, 1.54) is 12.2 Å². The number of ether oxygens (including phenoxy) is 1. The van der Waals surface area contributed by atoms with Gasteiger partial charge in [-0.1, -0.05) is 58.4 Å². The summed E-state index contributed by atoms with van der Waals surface area (Å²) >= 11 is 5.41. The van der Waals surface area contributed by atoms with E-state index < -0.39 is 24.4 Å². The minimum Gasteiger partial charge on any atom is -0.361 e. The Morgan fingerprint density at radius 1 is 1.28 bits per heavy atom. The summed E-state index contributed by atoms with van der Waals surface area (Å²) in [6.07, 6.45) is -0.493. The third kappa shape index (κ3) is 3.70. The second kappa shape index (κ2) is 6.88. The zero-order chi connectivity index (χ0) is 18.2. The molecule has 1 aromatic rings. The Kier molecular flexibility index (Phi) is 5.13. The largest absolute Gasteiger partial charge is 0.411 e. The Morgan fingerprint density at radius 2 is 1.96 bits per heavy atom. The van der Waals surface area contributed by atoms with Gasteiger partial charge in [-0.3, -0.25) is 4.79 Å². The monoisotopic (exact) mass is 525 g/mol. The zero-order valence-electron chi connectivity index (χ0n) is 12.6. The van der Waals surface area contributed by atoms with Gasteiger partial charge in [0.2, 0.25) is 0 Å². The standard InChI is InChI=1S/C17H12BrF3INO2/c18-12-8-11(25-9-17(19,20)21)6-7-16(12)13(14(22)15(24)23-16)10-4-2-1-3-5-10/h1-8,11H,9H2,(H,23,24). The van der Waals surface area contributed by atoms with E-state index in [0.29, 0.717) is 8.06 Å². The molecule has 1 aromatic carbocycles. The van der Waals surface area contributed by atoms with E-state index in [9.17, 15) is 18.0 Å². The number of rotatable bonds is 3. The lowest BCUT2D eigenvalue weighted by molar-refractivity contribution is -0.177. The highest BCUT2D eigenvalue weighted by Gasteiger charge is 2.47. The van der Waals surface area contributed by atoms with Crippen molar-refractivity contribution in [3.8, 4) is 0 Å². The van der Waals surface area contributed by atoms with E-state index in [4.69, 9.17) is 4.74 Å². The van der Waals surface area contributed by atoms with Crippen molar-refractivity contribution in [1.82, 2.24) is 5.32 Å². The van der Waals surface area contributed by atoms with Gasteiger partial charge < -0.3 is 10.1 Å². The van der Waals surface area contributed by atoms with Gasteiger partial charge >= 0.3 is 6.18 Å². The molecule has 1 aliphatic heterocycles. The van der Waals surface area contributed by atoms with Crippen LogP contribution in [0.1, 0.15) is 5.56 Å². The number of hydrogen-bond acceptors (Lipinski definition) is 2. The van der Waals surface area contributed by atoms with Crippen LogP contribution in [0.2, 0.25) is 0 Å². The number of nitrogens with one attached hydrogen (secondary N) is 1. The molecule has 2 atom stereocenters. The van der Waals surface area contributed by atoms with Crippen LogP contribution in [0.3, 0.4) is 0 Å². The molecule has 1 spiro atoms. The van der Waals surface area contributed by atoms with Crippen molar-refractivity contribution in [1.29, 1.82) is 0 Å². The van der Waals surface area contributed by atoms with Crippen molar-refractivity contribution >= 4 is 50.0 Å². The molecule has 132 valence electrons. The summed E-state index contributed by atoms with van der Waals surface area (Å²) in [6.45, 7) is -1.34. The number of amides is 1. The molecule has 1 aliphatic carbocycles. The fourth-order valence-electron chi connectivity index (χ4n) is 2.79. The number of carbonyl (C=O) groups is 1. The van der Waals surface area contributed by atoms with E-state index >= 15 is 0 Å². The Balaban J connectivity index is 1.94. The zero-order valence-corrected chi connectivity index (χ0v) is 16.4. The minimum absolute atomic E-state index is 0.232. The van der Waals surface area contributed by atoms with Gasteiger partial charge in [0.25, 0.3) is 5.91 Å². The van der Waals surface area contributed by atoms with Crippen LogP contribution >= 0.6 is 38.5 Å². The number of halogens is 5. The summed E-state index contributed by atoms with van der Waals surface area (Å²) in [6, 6.07) is 9.37. The summed E-state index contributed by atoms with van der Waals surface area (Å²) in [5.74, 6) is -0.232. The molecule has 3 rings (SSSR count). The average Bonchev–Trinajstić information content (AvgIpc) is 2.81. The maximum atomic E-state index is 12.3. The molecule has 0 fully saturated rings. The van der Waals surface area contributed by atoms with Gasteiger partial charge in [0.15, 0.2) is 0 Å². The van der Waals surface area contributed by atoms with E-state index in [2.05, 4.69) is 21.2 Å². The second-order valence-corrected chi connectivity index (χ2v) is 7.51. The molecule has 2 unspecified atom stereocenters. The molecule has 3 nitrogen and oxygen atoms in total. The fraction of sp³-hybridized carbons (Fsp3) is 0.235. The average molecular weight is 526 g/mol. The lowest BCUT2D eigenvalue weighted by atomic mass is 9.83.